The maximum Gasteiger partial charge on any atom is 0.143 e. The highest BCUT2D eigenvalue weighted by Crippen LogP contribution is 2.37. The minimum Gasteiger partial charge on any atom is -0.492 e. The molecule has 0 saturated carbocycles. The average Bonchev–Trinajstić information content (AvgIpc) is 2.54. The molecule has 1 aromatic carbocycles. The van der Waals surface area contributed by atoms with E-state index in [9.17, 15) is 0 Å². The lowest BCUT2D eigenvalue weighted by Gasteiger charge is -2.06. The quantitative estimate of drug-likeness (QED) is 0.679. The van der Waals surface area contributed by atoms with Crippen LogP contribution < -0.4 is 10.5 Å². The van der Waals surface area contributed by atoms with E-state index >= 15 is 0 Å². The van der Waals surface area contributed by atoms with E-state index in [0.29, 0.717) is 6.61 Å². The van der Waals surface area contributed by atoms with Gasteiger partial charge in [-0.1, -0.05) is 0 Å². The molecular weight excluding hydrogens is 309 g/mol. The van der Waals surface area contributed by atoms with E-state index in [1.165, 1.54) is 8.96 Å². The smallest absolute Gasteiger partial charge is 0.143 e. The van der Waals surface area contributed by atoms with E-state index in [0.717, 1.165) is 16.1 Å². The van der Waals surface area contributed by atoms with Crippen molar-refractivity contribution in [1.29, 1.82) is 0 Å². The number of anilines is 1. The maximum atomic E-state index is 6.00. The summed E-state index contributed by atoms with van der Waals surface area (Å²) >= 11 is 3.99. The van der Waals surface area contributed by atoms with Gasteiger partial charge in [0.2, 0.25) is 0 Å². The first-order chi connectivity index (χ1) is 6.74. The molecule has 1 aromatic heterocycles. The molecule has 0 aliphatic carbocycles. The number of hydrogen-bond donors (Lipinski definition) is 1. The molecule has 1 heterocycles. The average molecular weight is 319 g/mol. The summed E-state index contributed by atoms with van der Waals surface area (Å²) in [5, 5.41) is 3.33. The number of fused-ring (bicyclic) bond motifs is 1. The first-order valence-corrected chi connectivity index (χ1v) is 6.28. The van der Waals surface area contributed by atoms with Gasteiger partial charge in [-0.3, -0.25) is 0 Å². The summed E-state index contributed by atoms with van der Waals surface area (Å²) in [5.74, 6) is 0.790. The van der Waals surface area contributed by atoms with Crippen LogP contribution in [0.4, 0.5) is 5.69 Å². The Hall–Kier alpha value is -0.490. The molecular formula is C10H10INOS. The standard InChI is InChI=1S/C10H10INOS/c1-2-13-8-4-3-6-7(11)5-14-10(6)9(8)12/h3-5H,2,12H2,1H3. The van der Waals surface area contributed by atoms with E-state index in [4.69, 9.17) is 10.5 Å². The van der Waals surface area contributed by atoms with Gasteiger partial charge in [0.25, 0.3) is 0 Å². The second kappa shape index (κ2) is 3.94. The van der Waals surface area contributed by atoms with Gasteiger partial charge in [-0.2, -0.15) is 0 Å². The Balaban J connectivity index is 2.63. The van der Waals surface area contributed by atoms with Crippen molar-refractivity contribution in [1.82, 2.24) is 0 Å². The number of nitrogens with two attached hydrogens (primary N) is 1. The molecule has 0 bridgehead atoms. The first kappa shape index (κ1) is 10.0. The van der Waals surface area contributed by atoms with Gasteiger partial charge in [0.1, 0.15) is 5.75 Å². The van der Waals surface area contributed by atoms with E-state index in [-0.39, 0.29) is 0 Å². The van der Waals surface area contributed by atoms with Crippen LogP contribution in [0, 0.1) is 3.57 Å². The molecule has 14 heavy (non-hydrogen) atoms. The normalized spacial score (nSPS) is 10.7. The van der Waals surface area contributed by atoms with E-state index in [2.05, 4.69) is 34.0 Å². The largest absolute Gasteiger partial charge is 0.492 e. The third-order valence-electron chi connectivity index (χ3n) is 1.99. The monoisotopic (exact) mass is 319 g/mol. The van der Waals surface area contributed by atoms with Gasteiger partial charge in [-0.05, 0) is 41.6 Å². The molecule has 0 amide bonds. The molecule has 2 nitrogen and oxygen atoms in total. The van der Waals surface area contributed by atoms with Crippen LogP contribution >= 0.6 is 33.9 Å². The third kappa shape index (κ3) is 1.56. The first-order valence-electron chi connectivity index (χ1n) is 4.32. The van der Waals surface area contributed by atoms with E-state index in [1.807, 2.05) is 13.0 Å². The Labute approximate surface area is 100 Å². The van der Waals surface area contributed by atoms with Crippen molar-refractivity contribution < 1.29 is 4.74 Å². The van der Waals surface area contributed by atoms with Gasteiger partial charge in [-0.25, -0.2) is 0 Å². The van der Waals surface area contributed by atoms with Gasteiger partial charge in [-0.15, -0.1) is 11.3 Å². The van der Waals surface area contributed by atoms with Crippen molar-refractivity contribution >= 4 is 49.7 Å². The fraction of sp³-hybridized carbons (Fsp3) is 0.200. The zero-order chi connectivity index (χ0) is 10.1. The van der Waals surface area contributed by atoms with Crippen LogP contribution in [0.15, 0.2) is 17.5 Å². The number of ether oxygens (including phenoxy) is 1. The summed E-state index contributed by atoms with van der Waals surface area (Å²) in [6, 6.07) is 4.00. The Morgan fingerprint density at radius 2 is 2.29 bits per heavy atom. The predicted octanol–water partition coefficient (Wildman–Crippen LogP) is 3.49. The van der Waals surface area contributed by atoms with Gasteiger partial charge in [0, 0.05) is 14.3 Å². The lowest BCUT2D eigenvalue weighted by Crippen LogP contribution is -1.96. The van der Waals surface area contributed by atoms with E-state index < -0.39 is 0 Å². The summed E-state index contributed by atoms with van der Waals surface area (Å²) in [6.45, 7) is 2.61. The molecule has 0 atom stereocenters. The van der Waals surface area contributed by atoms with Crippen molar-refractivity contribution in [2.45, 2.75) is 6.92 Å². The number of hydrogen-bond acceptors (Lipinski definition) is 3. The van der Waals surface area contributed by atoms with Crippen LogP contribution in [-0.4, -0.2) is 6.61 Å². The third-order valence-corrected chi connectivity index (χ3v) is 4.34. The molecule has 2 aromatic rings. The van der Waals surface area contributed by atoms with Gasteiger partial charge in [0.15, 0.2) is 0 Å². The molecule has 0 unspecified atom stereocenters. The number of thiophene rings is 1. The van der Waals surface area contributed by atoms with Crippen molar-refractivity contribution in [3.8, 4) is 5.75 Å². The molecule has 0 radical (unpaired) electrons. The molecule has 0 spiro atoms. The molecule has 0 saturated heterocycles. The summed E-state index contributed by atoms with van der Waals surface area (Å²) in [7, 11) is 0. The van der Waals surface area contributed by atoms with Crippen LogP contribution in [0.3, 0.4) is 0 Å². The molecule has 74 valence electrons. The minimum absolute atomic E-state index is 0.651. The van der Waals surface area contributed by atoms with Crippen molar-refractivity contribution in [2.75, 3.05) is 12.3 Å². The lowest BCUT2D eigenvalue weighted by molar-refractivity contribution is 0.342. The van der Waals surface area contributed by atoms with Crippen LogP contribution in [0.2, 0.25) is 0 Å². The minimum atomic E-state index is 0.651. The topological polar surface area (TPSA) is 35.2 Å². The molecule has 0 aliphatic heterocycles. The highest BCUT2D eigenvalue weighted by atomic mass is 127. The summed E-state index contributed by atoms with van der Waals surface area (Å²) in [4.78, 5) is 0. The van der Waals surface area contributed by atoms with E-state index in [1.54, 1.807) is 11.3 Å². The molecule has 4 heteroatoms. The van der Waals surface area contributed by atoms with Crippen LogP contribution in [0.1, 0.15) is 6.92 Å². The van der Waals surface area contributed by atoms with Crippen molar-refractivity contribution in [3.63, 3.8) is 0 Å². The van der Waals surface area contributed by atoms with Gasteiger partial charge >= 0.3 is 0 Å². The molecule has 0 aliphatic rings. The number of nitrogen functional groups attached to an aromatic ring is 1. The molecule has 2 N–H and O–H groups in total. The Bertz CT molecular complexity index is 466. The second-order valence-corrected chi connectivity index (χ2v) is 4.91. The highest BCUT2D eigenvalue weighted by Gasteiger charge is 2.08. The Morgan fingerprint density at radius 1 is 1.50 bits per heavy atom. The maximum absolute atomic E-state index is 6.00. The zero-order valence-corrected chi connectivity index (χ0v) is 10.7. The summed E-state index contributed by atoms with van der Waals surface area (Å²) < 4.78 is 7.81. The Kier molecular flexibility index (Phi) is 2.83. The second-order valence-electron chi connectivity index (χ2n) is 2.87. The SMILES string of the molecule is CCOc1ccc2c(I)csc2c1N. The Morgan fingerprint density at radius 3 is 3.00 bits per heavy atom. The van der Waals surface area contributed by atoms with Gasteiger partial charge in [0.05, 0.1) is 17.0 Å². The number of rotatable bonds is 2. The zero-order valence-electron chi connectivity index (χ0n) is 7.71. The van der Waals surface area contributed by atoms with Crippen LogP contribution in [0.5, 0.6) is 5.75 Å². The van der Waals surface area contributed by atoms with Crippen molar-refractivity contribution in [2.24, 2.45) is 0 Å². The fourth-order valence-electron chi connectivity index (χ4n) is 1.35. The molecule has 0 fully saturated rings. The fourth-order valence-corrected chi connectivity index (χ4v) is 3.25. The predicted molar refractivity (Wildman–Crippen MR) is 70.1 cm³/mol. The van der Waals surface area contributed by atoms with Gasteiger partial charge < -0.3 is 10.5 Å². The lowest BCUT2D eigenvalue weighted by atomic mass is 10.2. The summed E-state index contributed by atoms with van der Waals surface area (Å²) in [6.07, 6.45) is 0. The van der Waals surface area contributed by atoms with Crippen LogP contribution in [0.25, 0.3) is 10.1 Å². The summed E-state index contributed by atoms with van der Waals surface area (Å²) in [5.41, 5.74) is 6.76. The van der Waals surface area contributed by atoms with Crippen molar-refractivity contribution in [3.05, 3.63) is 21.1 Å². The number of halogens is 1. The van der Waals surface area contributed by atoms with Crippen LogP contribution in [-0.2, 0) is 0 Å². The number of benzene rings is 1. The molecule has 2 rings (SSSR count). The highest BCUT2D eigenvalue weighted by molar-refractivity contribution is 14.1.